The molecule has 1 aliphatic heterocycles. The minimum Gasteiger partial charge on any atom is -0.447 e. The second-order valence-corrected chi connectivity index (χ2v) is 7.49. The van der Waals surface area contributed by atoms with Crippen LogP contribution in [0.25, 0.3) is 0 Å². The lowest BCUT2D eigenvalue weighted by Crippen LogP contribution is -2.27. The maximum absolute atomic E-state index is 11.8. The monoisotopic (exact) mass is 342 g/mol. The highest BCUT2D eigenvalue weighted by Crippen LogP contribution is 2.35. The van der Waals surface area contributed by atoms with Crippen molar-refractivity contribution in [1.29, 1.82) is 0 Å². The molecule has 126 valence electrons. The Hall–Kier alpha value is -1.85. The highest BCUT2D eigenvalue weighted by molar-refractivity contribution is 7.10. The maximum atomic E-state index is 11.8. The number of anilines is 1. The highest BCUT2D eigenvalue weighted by Gasteiger charge is 2.25. The van der Waals surface area contributed by atoms with Gasteiger partial charge in [0.1, 0.15) is 6.61 Å². The van der Waals surface area contributed by atoms with E-state index in [2.05, 4.69) is 35.8 Å². The van der Waals surface area contributed by atoms with Crippen molar-refractivity contribution in [3.8, 4) is 0 Å². The third kappa shape index (κ3) is 2.94. The predicted octanol–water partition coefficient (Wildman–Crippen LogP) is 4.43. The van der Waals surface area contributed by atoms with Crippen molar-refractivity contribution in [3.05, 3.63) is 51.7 Å². The first-order chi connectivity index (χ1) is 11.7. The number of benzene rings is 1. The fourth-order valence-corrected chi connectivity index (χ4v) is 4.64. The van der Waals surface area contributed by atoms with E-state index in [1.165, 1.54) is 35.3 Å². The lowest BCUT2D eigenvalue weighted by molar-refractivity contribution is 0.181. The number of ether oxygens (including phenoxy) is 1. The molecular weight excluding hydrogens is 320 g/mol. The van der Waals surface area contributed by atoms with Crippen LogP contribution < -0.4 is 10.2 Å². The smallest absolute Gasteiger partial charge is 0.414 e. The SMILES string of the molecule is C[C@H](N[C@H]1CCCc2sccc21)c1cccc(N2CCOC2=O)c1. The molecule has 0 saturated carbocycles. The van der Waals surface area contributed by atoms with Gasteiger partial charge in [-0.1, -0.05) is 12.1 Å². The number of hydrogen-bond acceptors (Lipinski definition) is 4. The van der Waals surface area contributed by atoms with Gasteiger partial charge in [-0.05, 0) is 60.9 Å². The average molecular weight is 342 g/mol. The van der Waals surface area contributed by atoms with Gasteiger partial charge in [-0.2, -0.15) is 0 Å². The van der Waals surface area contributed by atoms with Gasteiger partial charge in [-0.3, -0.25) is 4.90 Å². The second-order valence-electron chi connectivity index (χ2n) is 6.49. The third-order valence-electron chi connectivity index (χ3n) is 4.95. The van der Waals surface area contributed by atoms with Gasteiger partial charge in [0.25, 0.3) is 0 Å². The number of aryl methyl sites for hydroxylation is 1. The van der Waals surface area contributed by atoms with E-state index in [-0.39, 0.29) is 12.1 Å². The molecule has 1 aliphatic carbocycles. The van der Waals surface area contributed by atoms with Crippen molar-refractivity contribution < 1.29 is 9.53 Å². The number of carbonyl (C=O) groups is 1. The van der Waals surface area contributed by atoms with E-state index in [9.17, 15) is 4.79 Å². The highest BCUT2D eigenvalue weighted by atomic mass is 32.1. The number of hydrogen-bond donors (Lipinski definition) is 1. The second kappa shape index (κ2) is 6.57. The largest absolute Gasteiger partial charge is 0.447 e. The summed E-state index contributed by atoms with van der Waals surface area (Å²) >= 11 is 1.87. The van der Waals surface area contributed by atoms with Crippen LogP contribution in [0.5, 0.6) is 0 Å². The molecule has 0 spiro atoms. The number of thiophene rings is 1. The minimum atomic E-state index is -0.247. The van der Waals surface area contributed by atoms with Crippen LogP contribution in [-0.2, 0) is 11.2 Å². The molecule has 1 aromatic heterocycles. The van der Waals surface area contributed by atoms with E-state index in [0.29, 0.717) is 19.2 Å². The predicted molar refractivity (Wildman–Crippen MR) is 96.7 cm³/mol. The van der Waals surface area contributed by atoms with E-state index >= 15 is 0 Å². The Kier molecular flexibility index (Phi) is 4.29. The van der Waals surface area contributed by atoms with Crippen LogP contribution in [-0.4, -0.2) is 19.2 Å². The Morgan fingerprint density at radius 2 is 2.29 bits per heavy atom. The molecule has 4 rings (SSSR count). The molecule has 1 aromatic carbocycles. The number of rotatable bonds is 4. The molecule has 1 N–H and O–H groups in total. The van der Waals surface area contributed by atoms with Gasteiger partial charge in [0.05, 0.1) is 6.54 Å². The molecule has 1 saturated heterocycles. The summed E-state index contributed by atoms with van der Waals surface area (Å²) in [6.45, 7) is 3.30. The summed E-state index contributed by atoms with van der Waals surface area (Å²) in [5.74, 6) is 0. The van der Waals surface area contributed by atoms with Crippen LogP contribution >= 0.6 is 11.3 Å². The average Bonchev–Trinajstić information content (AvgIpc) is 3.24. The molecule has 5 heteroatoms. The molecule has 0 unspecified atom stereocenters. The van der Waals surface area contributed by atoms with Gasteiger partial charge in [0.2, 0.25) is 0 Å². The zero-order valence-electron chi connectivity index (χ0n) is 13.8. The first-order valence-electron chi connectivity index (χ1n) is 8.59. The zero-order valence-corrected chi connectivity index (χ0v) is 14.6. The maximum Gasteiger partial charge on any atom is 0.414 e. The van der Waals surface area contributed by atoms with Crippen LogP contribution in [0.1, 0.15) is 47.9 Å². The van der Waals surface area contributed by atoms with Gasteiger partial charge < -0.3 is 10.1 Å². The summed E-state index contributed by atoms with van der Waals surface area (Å²) in [5, 5.41) is 5.98. The number of cyclic esters (lactones) is 1. The molecule has 24 heavy (non-hydrogen) atoms. The van der Waals surface area contributed by atoms with Crippen LogP contribution in [0.2, 0.25) is 0 Å². The molecule has 2 aliphatic rings. The number of carbonyl (C=O) groups excluding carboxylic acids is 1. The number of amides is 1. The molecule has 4 nitrogen and oxygen atoms in total. The molecular formula is C19H22N2O2S. The lowest BCUT2D eigenvalue weighted by Gasteiger charge is -2.28. The van der Waals surface area contributed by atoms with E-state index in [0.717, 1.165) is 5.69 Å². The minimum absolute atomic E-state index is 0.236. The van der Waals surface area contributed by atoms with Gasteiger partial charge in [0.15, 0.2) is 0 Å². The topological polar surface area (TPSA) is 41.6 Å². The Balaban J connectivity index is 1.51. The fraction of sp³-hybridized carbons (Fsp3) is 0.421. The third-order valence-corrected chi connectivity index (χ3v) is 5.94. The van der Waals surface area contributed by atoms with E-state index in [1.807, 2.05) is 23.5 Å². The Bertz CT molecular complexity index is 742. The van der Waals surface area contributed by atoms with Crippen molar-refractivity contribution in [2.24, 2.45) is 0 Å². The van der Waals surface area contributed by atoms with Crippen LogP contribution in [0.3, 0.4) is 0 Å². The molecule has 2 atom stereocenters. The van der Waals surface area contributed by atoms with Crippen molar-refractivity contribution in [2.45, 2.75) is 38.3 Å². The number of nitrogens with zero attached hydrogens (tertiary/aromatic N) is 1. The van der Waals surface area contributed by atoms with E-state index < -0.39 is 0 Å². The van der Waals surface area contributed by atoms with E-state index in [4.69, 9.17) is 4.74 Å². The van der Waals surface area contributed by atoms with Crippen molar-refractivity contribution in [3.63, 3.8) is 0 Å². The Morgan fingerprint density at radius 3 is 3.12 bits per heavy atom. The quantitative estimate of drug-likeness (QED) is 0.893. The van der Waals surface area contributed by atoms with Gasteiger partial charge in [-0.15, -0.1) is 11.3 Å². The molecule has 0 bridgehead atoms. The van der Waals surface area contributed by atoms with E-state index in [1.54, 1.807) is 4.90 Å². The number of nitrogens with one attached hydrogen (secondary N) is 1. The summed E-state index contributed by atoms with van der Waals surface area (Å²) in [6, 6.07) is 11.1. The summed E-state index contributed by atoms with van der Waals surface area (Å²) in [5.41, 5.74) is 3.59. The summed E-state index contributed by atoms with van der Waals surface area (Å²) in [6.07, 6.45) is 3.40. The van der Waals surface area contributed by atoms with Gasteiger partial charge in [0, 0.05) is 22.6 Å². The fourth-order valence-electron chi connectivity index (χ4n) is 3.65. The lowest BCUT2D eigenvalue weighted by atomic mass is 9.93. The Labute approximate surface area is 146 Å². The van der Waals surface area contributed by atoms with Crippen LogP contribution in [0.15, 0.2) is 35.7 Å². The molecule has 2 heterocycles. The summed E-state index contributed by atoms with van der Waals surface area (Å²) < 4.78 is 5.04. The van der Waals surface area contributed by atoms with Gasteiger partial charge in [-0.25, -0.2) is 4.79 Å². The zero-order chi connectivity index (χ0) is 16.5. The summed E-state index contributed by atoms with van der Waals surface area (Å²) in [4.78, 5) is 15.0. The van der Waals surface area contributed by atoms with Crippen molar-refractivity contribution >= 4 is 23.1 Å². The molecule has 1 fully saturated rings. The molecule has 2 aromatic rings. The van der Waals surface area contributed by atoms with Gasteiger partial charge >= 0.3 is 6.09 Å². The Morgan fingerprint density at radius 1 is 1.38 bits per heavy atom. The summed E-state index contributed by atoms with van der Waals surface area (Å²) in [7, 11) is 0. The molecule has 1 amide bonds. The van der Waals surface area contributed by atoms with Crippen molar-refractivity contribution in [1.82, 2.24) is 5.32 Å². The first-order valence-corrected chi connectivity index (χ1v) is 9.47. The standard InChI is InChI=1S/C19H22N2O2S/c1-13(20-17-6-3-7-18-16(17)8-11-24-18)14-4-2-5-15(12-14)21-9-10-23-19(21)22/h2,4-5,8,11-13,17,20H,3,6-7,9-10H2,1H3/t13-,17-/m0/s1. The normalized spacial score (nSPS) is 21.5. The van der Waals surface area contributed by atoms with Crippen molar-refractivity contribution in [2.75, 3.05) is 18.1 Å². The first kappa shape index (κ1) is 15.7. The van der Waals surface area contributed by atoms with Crippen LogP contribution in [0, 0.1) is 0 Å². The van der Waals surface area contributed by atoms with Crippen LogP contribution in [0.4, 0.5) is 10.5 Å². The molecule has 0 radical (unpaired) electrons. The number of fused-ring (bicyclic) bond motifs is 1.